The van der Waals surface area contributed by atoms with Crippen molar-refractivity contribution in [3.8, 4) is 0 Å². The van der Waals surface area contributed by atoms with E-state index in [4.69, 9.17) is 0 Å². The van der Waals surface area contributed by atoms with Gasteiger partial charge in [0.05, 0.1) is 0 Å². The number of hydrogen-bond donors (Lipinski definition) is 0. The van der Waals surface area contributed by atoms with Gasteiger partial charge in [0.25, 0.3) is 0 Å². The lowest BCUT2D eigenvalue weighted by atomic mass is 10.1. The minimum Gasteiger partial charge on any atom is -0.364 e. The molecule has 1 aliphatic rings. The van der Waals surface area contributed by atoms with E-state index in [2.05, 4.69) is 30.7 Å². The first-order valence-electron chi connectivity index (χ1n) is 5.80. The molecule has 16 heavy (non-hydrogen) atoms. The van der Waals surface area contributed by atoms with Gasteiger partial charge in [-0.1, -0.05) is 0 Å². The molecule has 0 spiro atoms. The zero-order chi connectivity index (χ0) is 11.7. The summed E-state index contributed by atoms with van der Waals surface area (Å²) in [5.41, 5.74) is 1.12. The van der Waals surface area contributed by atoms with Crippen molar-refractivity contribution >= 4 is 5.69 Å². The lowest BCUT2D eigenvalue weighted by Gasteiger charge is -2.44. The quantitative estimate of drug-likeness (QED) is 0.719. The highest BCUT2D eigenvalue weighted by Gasteiger charge is 2.27. The van der Waals surface area contributed by atoms with E-state index >= 15 is 0 Å². The molecule has 2 unspecified atom stereocenters. The summed E-state index contributed by atoms with van der Waals surface area (Å²) in [5.74, 6) is -0.168. The zero-order valence-electron chi connectivity index (χ0n) is 10.2. The minimum absolute atomic E-state index is 0.168. The molecule has 2 rings (SSSR count). The number of benzene rings is 1. The van der Waals surface area contributed by atoms with Gasteiger partial charge in [-0.25, -0.2) is 4.39 Å². The largest absolute Gasteiger partial charge is 0.364 e. The van der Waals surface area contributed by atoms with Crippen LogP contribution < -0.4 is 4.90 Å². The Balaban J connectivity index is 2.22. The molecule has 1 aromatic carbocycles. The van der Waals surface area contributed by atoms with Gasteiger partial charge in [-0.3, -0.25) is 0 Å². The predicted octanol–water partition coefficient (Wildman–Crippen LogP) is 2.35. The lowest BCUT2D eigenvalue weighted by Crippen LogP contribution is -2.55. The van der Waals surface area contributed by atoms with Crippen LogP contribution in [0.1, 0.15) is 13.8 Å². The molecule has 1 heterocycles. The molecule has 0 aromatic heterocycles. The third-order valence-corrected chi connectivity index (χ3v) is 3.23. The summed E-state index contributed by atoms with van der Waals surface area (Å²) in [6.07, 6.45) is 0. The Bertz CT molecular complexity index is 337. The Morgan fingerprint density at radius 2 is 1.56 bits per heavy atom. The fourth-order valence-electron chi connectivity index (χ4n) is 2.71. The summed E-state index contributed by atoms with van der Waals surface area (Å²) in [4.78, 5) is 4.72. The number of rotatable bonds is 1. The number of halogens is 1. The van der Waals surface area contributed by atoms with Crippen molar-refractivity contribution in [3.05, 3.63) is 30.1 Å². The van der Waals surface area contributed by atoms with Gasteiger partial charge in [-0.15, -0.1) is 0 Å². The van der Waals surface area contributed by atoms with Crippen molar-refractivity contribution in [3.63, 3.8) is 0 Å². The summed E-state index contributed by atoms with van der Waals surface area (Å²) in [7, 11) is 2.15. The van der Waals surface area contributed by atoms with Gasteiger partial charge in [-0.05, 0) is 45.2 Å². The lowest BCUT2D eigenvalue weighted by molar-refractivity contribution is 0.240. The molecule has 0 amide bonds. The van der Waals surface area contributed by atoms with Crippen LogP contribution in [0, 0.1) is 5.82 Å². The maximum atomic E-state index is 12.9. The van der Waals surface area contributed by atoms with E-state index in [-0.39, 0.29) is 5.82 Å². The zero-order valence-corrected chi connectivity index (χ0v) is 10.2. The Kier molecular flexibility index (Phi) is 3.15. The normalized spacial score (nSPS) is 27.1. The first-order chi connectivity index (χ1) is 7.58. The topological polar surface area (TPSA) is 6.48 Å². The van der Waals surface area contributed by atoms with Crippen LogP contribution in [-0.4, -0.2) is 37.1 Å². The molecule has 0 radical (unpaired) electrons. The molecular weight excluding hydrogens is 203 g/mol. The van der Waals surface area contributed by atoms with E-state index < -0.39 is 0 Å². The van der Waals surface area contributed by atoms with Crippen LogP contribution in [0.25, 0.3) is 0 Å². The van der Waals surface area contributed by atoms with Crippen LogP contribution in [-0.2, 0) is 0 Å². The second-order valence-electron chi connectivity index (χ2n) is 4.80. The molecule has 0 N–H and O–H groups in total. The van der Waals surface area contributed by atoms with E-state index in [1.165, 1.54) is 12.1 Å². The molecule has 1 saturated heterocycles. The number of piperazine rings is 1. The number of likely N-dealkylation sites (N-methyl/N-ethyl adjacent to an activating group) is 1. The van der Waals surface area contributed by atoms with Gasteiger partial charge >= 0.3 is 0 Å². The number of hydrogen-bond acceptors (Lipinski definition) is 2. The summed E-state index contributed by atoms with van der Waals surface area (Å²) in [6, 6.07) is 7.75. The molecule has 88 valence electrons. The highest BCUT2D eigenvalue weighted by Crippen LogP contribution is 2.24. The third-order valence-electron chi connectivity index (χ3n) is 3.23. The summed E-state index contributed by atoms with van der Waals surface area (Å²) in [6.45, 7) is 6.55. The molecule has 2 nitrogen and oxygen atoms in total. The molecule has 1 aromatic rings. The fraction of sp³-hybridized carbons (Fsp3) is 0.538. The van der Waals surface area contributed by atoms with Crippen LogP contribution in [0.3, 0.4) is 0 Å². The highest BCUT2D eigenvalue weighted by atomic mass is 19.1. The molecule has 0 saturated carbocycles. The van der Waals surface area contributed by atoms with Gasteiger partial charge in [0.1, 0.15) is 5.82 Å². The second kappa shape index (κ2) is 4.42. The average Bonchev–Trinajstić information content (AvgIpc) is 2.19. The summed E-state index contributed by atoms with van der Waals surface area (Å²) < 4.78 is 12.9. The second-order valence-corrected chi connectivity index (χ2v) is 4.80. The first kappa shape index (κ1) is 11.4. The van der Waals surface area contributed by atoms with Crippen molar-refractivity contribution in [2.75, 3.05) is 25.0 Å². The number of nitrogens with zero attached hydrogens (tertiary/aromatic N) is 2. The van der Waals surface area contributed by atoms with Crippen molar-refractivity contribution in [2.45, 2.75) is 25.9 Å². The maximum Gasteiger partial charge on any atom is 0.123 e. The standard InChI is InChI=1S/C13H19FN2/c1-10-8-15(3)9-11(2)16(10)13-6-4-12(14)5-7-13/h4-7,10-11H,8-9H2,1-3H3. The van der Waals surface area contributed by atoms with Gasteiger partial charge in [0, 0.05) is 30.9 Å². The van der Waals surface area contributed by atoms with Crippen LogP contribution in [0.5, 0.6) is 0 Å². The Morgan fingerprint density at radius 3 is 2.06 bits per heavy atom. The average molecular weight is 222 g/mol. The molecule has 2 atom stereocenters. The van der Waals surface area contributed by atoms with E-state index in [1.54, 1.807) is 0 Å². The molecular formula is C13H19FN2. The molecule has 1 fully saturated rings. The highest BCUT2D eigenvalue weighted by molar-refractivity contribution is 5.48. The van der Waals surface area contributed by atoms with Crippen molar-refractivity contribution in [2.24, 2.45) is 0 Å². The Hall–Kier alpha value is -1.09. The van der Waals surface area contributed by atoms with Crippen LogP contribution in [0.2, 0.25) is 0 Å². The third kappa shape index (κ3) is 2.19. The Morgan fingerprint density at radius 1 is 1.06 bits per heavy atom. The predicted molar refractivity (Wildman–Crippen MR) is 65.3 cm³/mol. The maximum absolute atomic E-state index is 12.9. The van der Waals surface area contributed by atoms with Crippen LogP contribution in [0.4, 0.5) is 10.1 Å². The van der Waals surface area contributed by atoms with E-state index in [1.807, 2.05) is 12.1 Å². The minimum atomic E-state index is -0.168. The van der Waals surface area contributed by atoms with Crippen molar-refractivity contribution in [1.29, 1.82) is 0 Å². The molecule has 3 heteroatoms. The van der Waals surface area contributed by atoms with Crippen LogP contribution in [0.15, 0.2) is 24.3 Å². The SMILES string of the molecule is CC1CN(C)CC(C)N1c1ccc(F)cc1. The molecule has 0 bridgehead atoms. The van der Waals surface area contributed by atoms with Gasteiger partial charge in [-0.2, -0.15) is 0 Å². The summed E-state index contributed by atoms with van der Waals surface area (Å²) in [5, 5.41) is 0. The Labute approximate surface area is 96.7 Å². The molecule has 1 aliphatic heterocycles. The molecule has 0 aliphatic carbocycles. The van der Waals surface area contributed by atoms with Crippen molar-refractivity contribution < 1.29 is 4.39 Å². The van der Waals surface area contributed by atoms with Crippen molar-refractivity contribution in [1.82, 2.24) is 4.90 Å². The van der Waals surface area contributed by atoms with Gasteiger partial charge < -0.3 is 9.80 Å². The summed E-state index contributed by atoms with van der Waals surface area (Å²) >= 11 is 0. The van der Waals surface area contributed by atoms with E-state index in [9.17, 15) is 4.39 Å². The number of anilines is 1. The van der Waals surface area contributed by atoms with E-state index in [0.717, 1.165) is 18.8 Å². The smallest absolute Gasteiger partial charge is 0.123 e. The van der Waals surface area contributed by atoms with E-state index in [0.29, 0.717) is 12.1 Å². The first-order valence-corrected chi connectivity index (χ1v) is 5.80. The fourth-order valence-corrected chi connectivity index (χ4v) is 2.71. The van der Waals surface area contributed by atoms with Gasteiger partial charge in [0.15, 0.2) is 0 Å². The van der Waals surface area contributed by atoms with Crippen LogP contribution >= 0.6 is 0 Å². The van der Waals surface area contributed by atoms with Gasteiger partial charge in [0.2, 0.25) is 0 Å². The monoisotopic (exact) mass is 222 g/mol.